The van der Waals surface area contributed by atoms with Gasteiger partial charge in [0.05, 0.1) is 6.61 Å². The van der Waals surface area contributed by atoms with Gasteiger partial charge in [0.2, 0.25) is 0 Å². The van der Waals surface area contributed by atoms with Crippen LogP contribution in [0.15, 0.2) is 18.2 Å². The molecule has 5 heteroatoms. The highest BCUT2D eigenvalue weighted by molar-refractivity contribution is 7.80. The number of hydrogen-bond acceptors (Lipinski definition) is 3. The highest BCUT2D eigenvalue weighted by atomic mass is 32.1. The summed E-state index contributed by atoms with van der Waals surface area (Å²) in [4.78, 5) is 2.40. The fourth-order valence-corrected chi connectivity index (χ4v) is 2.28. The third-order valence-corrected chi connectivity index (χ3v) is 3.38. The van der Waals surface area contributed by atoms with Crippen molar-refractivity contribution in [1.29, 1.82) is 0 Å². The van der Waals surface area contributed by atoms with Gasteiger partial charge in [-0.25, -0.2) is 4.39 Å². The quantitative estimate of drug-likeness (QED) is 0.766. The number of aliphatic hydroxyl groups is 1. The molecule has 18 heavy (non-hydrogen) atoms. The molecule has 1 aromatic rings. The molecule has 3 nitrogen and oxygen atoms in total. The van der Waals surface area contributed by atoms with E-state index < -0.39 is 0 Å². The molecule has 1 fully saturated rings. The van der Waals surface area contributed by atoms with Crippen molar-refractivity contribution in [2.45, 2.75) is 25.4 Å². The molecular weight excluding hydrogens is 251 g/mol. The smallest absolute Gasteiger partial charge is 0.123 e. The molecule has 0 aromatic heterocycles. The molecule has 1 aliphatic carbocycles. The molecule has 0 atom stereocenters. The van der Waals surface area contributed by atoms with Gasteiger partial charge in [0.1, 0.15) is 10.8 Å². The van der Waals surface area contributed by atoms with Crippen LogP contribution < -0.4 is 5.73 Å². The average molecular weight is 268 g/mol. The Labute approximate surface area is 111 Å². The number of aliphatic hydroxyl groups excluding tert-OH is 1. The maximum absolute atomic E-state index is 13.2. The number of nitrogens with two attached hydrogens (primary N) is 1. The van der Waals surface area contributed by atoms with Crippen molar-refractivity contribution in [3.63, 3.8) is 0 Å². The van der Waals surface area contributed by atoms with Crippen LogP contribution in [0.5, 0.6) is 0 Å². The second-order valence-corrected chi connectivity index (χ2v) is 5.03. The normalized spacial score (nSPS) is 15.1. The van der Waals surface area contributed by atoms with Crippen LogP contribution in [-0.4, -0.2) is 34.2 Å². The summed E-state index contributed by atoms with van der Waals surface area (Å²) in [7, 11) is 0. The van der Waals surface area contributed by atoms with Crippen LogP contribution in [-0.2, 0) is 6.54 Å². The monoisotopic (exact) mass is 268 g/mol. The minimum absolute atomic E-state index is 0.125. The number of nitrogens with zero attached hydrogens (tertiary/aromatic N) is 1. The predicted octanol–water partition coefficient (Wildman–Crippen LogP) is 1.42. The number of halogens is 1. The van der Waals surface area contributed by atoms with E-state index in [1.165, 1.54) is 12.1 Å². The topological polar surface area (TPSA) is 49.5 Å². The van der Waals surface area contributed by atoms with E-state index >= 15 is 0 Å². The summed E-state index contributed by atoms with van der Waals surface area (Å²) in [5.74, 6) is -0.332. The number of rotatable bonds is 6. The van der Waals surface area contributed by atoms with Gasteiger partial charge in [0, 0.05) is 24.7 Å². The van der Waals surface area contributed by atoms with Crippen molar-refractivity contribution in [2.24, 2.45) is 5.73 Å². The molecule has 3 N–H and O–H groups in total. The van der Waals surface area contributed by atoms with Crippen LogP contribution >= 0.6 is 12.2 Å². The van der Waals surface area contributed by atoms with Gasteiger partial charge in [-0.2, -0.15) is 0 Å². The molecule has 2 rings (SSSR count). The summed E-state index contributed by atoms with van der Waals surface area (Å²) in [5.41, 5.74) is 7.13. The van der Waals surface area contributed by atoms with E-state index in [1.807, 2.05) is 0 Å². The largest absolute Gasteiger partial charge is 0.395 e. The number of benzene rings is 1. The first-order valence-corrected chi connectivity index (χ1v) is 6.45. The van der Waals surface area contributed by atoms with Crippen LogP contribution in [0.4, 0.5) is 4.39 Å². The second-order valence-electron chi connectivity index (χ2n) is 4.59. The van der Waals surface area contributed by atoms with Crippen molar-refractivity contribution in [3.05, 3.63) is 35.1 Å². The molecule has 0 unspecified atom stereocenters. The Morgan fingerprint density at radius 1 is 1.50 bits per heavy atom. The lowest BCUT2D eigenvalue weighted by molar-refractivity contribution is 0.183. The van der Waals surface area contributed by atoms with Crippen molar-refractivity contribution in [2.75, 3.05) is 13.2 Å². The second kappa shape index (κ2) is 5.73. The summed E-state index contributed by atoms with van der Waals surface area (Å²) < 4.78 is 13.2. The highest BCUT2D eigenvalue weighted by Crippen LogP contribution is 2.28. The fraction of sp³-hybridized carbons (Fsp3) is 0.462. The molecule has 0 amide bonds. The van der Waals surface area contributed by atoms with Crippen LogP contribution in [0.25, 0.3) is 0 Å². The van der Waals surface area contributed by atoms with Crippen LogP contribution in [0.2, 0.25) is 0 Å². The van der Waals surface area contributed by atoms with Crippen molar-refractivity contribution in [3.8, 4) is 0 Å². The Morgan fingerprint density at radius 3 is 2.78 bits per heavy atom. The summed E-state index contributed by atoms with van der Waals surface area (Å²) in [5, 5.41) is 9.06. The predicted molar refractivity (Wildman–Crippen MR) is 72.8 cm³/mol. The lowest BCUT2D eigenvalue weighted by atomic mass is 10.1. The van der Waals surface area contributed by atoms with Crippen molar-refractivity contribution < 1.29 is 9.50 Å². The zero-order chi connectivity index (χ0) is 13.1. The van der Waals surface area contributed by atoms with Gasteiger partial charge in [-0.15, -0.1) is 0 Å². The van der Waals surface area contributed by atoms with E-state index in [2.05, 4.69) is 4.90 Å². The van der Waals surface area contributed by atoms with E-state index in [0.29, 0.717) is 24.7 Å². The molecule has 0 heterocycles. The molecule has 0 saturated heterocycles. The minimum atomic E-state index is -0.332. The van der Waals surface area contributed by atoms with Crippen LogP contribution in [0, 0.1) is 5.82 Å². The van der Waals surface area contributed by atoms with Gasteiger partial charge < -0.3 is 10.8 Å². The number of thiocarbonyl (C=S) groups is 1. The average Bonchev–Trinajstić information content (AvgIpc) is 3.14. The Kier molecular flexibility index (Phi) is 4.27. The molecule has 0 bridgehead atoms. The Hall–Kier alpha value is -1.04. The van der Waals surface area contributed by atoms with E-state index in [1.54, 1.807) is 6.07 Å². The highest BCUT2D eigenvalue weighted by Gasteiger charge is 2.29. The first-order chi connectivity index (χ1) is 8.61. The first kappa shape index (κ1) is 13.4. The Bertz CT molecular complexity index is 449. The molecule has 1 aliphatic rings. The number of hydrogen-bond donors (Lipinski definition) is 2. The molecule has 0 spiro atoms. The fourth-order valence-electron chi connectivity index (χ4n) is 2.09. The third kappa shape index (κ3) is 3.25. The summed E-state index contributed by atoms with van der Waals surface area (Å²) in [6.45, 7) is 1.40. The molecule has 0 aliphatic heterocycles. The van der Waals surface area contributed by atoms with Gasteiger partial charge in [0.25, 0.3) is 0 Å². The molecule has 1 saturated carbocycles. The minimum Gasteiger partial charge on any atom is -0.395 e. The zero-order valence-corrected chi connectivity index (χ0v) is 10.9. The van der Waals surface area contributed by atoms with Gasteiger partial charge in [-0.3, -0.25) is 4.90 Å². The van der Waals surface area contributed by atoms with E-state index in [-0.39, 0.29) is 17.4 Å². The third-order valence-electron chi connectivity index (χ3n) is 3.16. The van der Waals surface area contributed by atoms with Gasteiger partial charge in [-0.05, 0) is 30.5 Å². The summed E-state index contributed by atoms with van der Waals surface area (Å²) >= 11 is 4.95. The van der Waals surface area contributed by atoms with Crippen molar-refractivity contribution >= 4 is 17.2 Å². The lowest BCUT2D eigenvalue weighted by Gasteiger charge is -2.22. The molecule has 98 valence electrons. The summed E-state index contributed by atoms with van der Waals surface area (Å²) in [6.07, 6.45) is 2.31. The zero-order valence-electron chi connectivity index (χ0n) is 10.1. The van der Waals surface area contributed by atoms with Crippen LogP contribution in [0.1, 0.15) is 24.0 Å². The van der Waals surface area contributed by atoms with Gasteiger partial charge in [0.15, 0.2) is 0 Å². The van der Waals surface area contributed by atoms with Gasteiger partial charge in [-0.1, -0.05) is 18.3 Å². The SMILES string of the molecule is NC(=S)c1cc(F)ccc1CN(CCO)C1CC1. The standard InChI is InChI=1S/C13H17FN2OS/c14-10-2-1-9(12(7-10)13(15)18)8-16(5-6-17)11-3-4-11/h1-2,7,11,17H,3-6,8H2,(H2,15,18). The van der Waals surface area contributed by atoms with Gasteiger partial charge >= 0.3 is 0 Å². The first-order valence-electron chi connectivity index (χ1n) is 6.05. The van der Waals surface area contributed by atoms with Crippen molar-refractivity contribution in [1.82, 2.24) is 4.90 Å². The van der Waals surface area contributed by atoms with Crippen LogP contribution in [0.3, 0.4) is 0 Å². The van der Waals surface area contributed by atoms with E-state index in [4.69, 9.17) is 23.1 Å². The van der Waals surface area contributed by atoms with E-state index in [9.17, 15) is 4.39 Å². The molecule has 0 radical (unpaired) electrons. The Balaban J connectivity index is 2.18. The maximum Gasteiger partial charge on any atom is 0.123 e. The Morgan fingerprint density at radius 2 is 2.22 bits per heavy atom. The summed E-state index contributed by atoms with van der Waals surface area (Å²) in [6, 6.07) is 5.04. The lowest BCUT2D eigenvalue weighted by Crippen LogP contribution is -2.29. The molecule has 1 aromatic carbocycles. The maximum atomic E-state index is 13.2. The van der Waals surface area contributed by atoms with E-state index in [0.717, 1.165) is 18.4 Å². The molecular formula is C13H17FN2OS.